The maximum Gasteiger partial charge on any atom is 0.243 e. The molecule has 0 aliphatic rings. The van der Waals surface area contributed by atoms with Gasteiger partial charge in [0, 0.05) is 23.9 Å². The van der Waals surface area contributed by atoms with Crippen molar-refractivity contribution in [1.29, 1.82) is 0 Å². The van der Waals surface area contributed by atoms with E-state index in [1.807, 2.05) is 6.07 Å². The van der Waals surface area contributed by atoms with Gasteiger partial charge in [0.05, 0.1) is 11.4 Å². The molecule has 0 radical (unpaired) electrons. The van der Waals surface area contributed by atoms with Crippen LogP contribution in [0.2, 0.25) is 0 Å². The van der Waals surface area contributed by atoms with Crippen molar-refractivity contribution >= 4 is 27.4 Å². The molecule has 3 rings (SSSR count). The molecule has 0 bridgehead atoms. The van der Waals surface area contributed by atoms with E-state index in [1.54, 1.807) is 42.5 Å². The van der Waals surface area contributed by atoms with Crippen molar-refractivity contribution in [2.45, 2.75) is 4.90 Å². The van der Waals surface area contributed by atoms with Gasteiger partial charge >= 0.3 is 0 Å². The number of carbonyl (C=O) groups is 2. The number of amides is 1. The van der Waals surface area contributed by atoms with Gasteiger partial charge in [-0.05, 0) is 36.4 Å². The van der Waals surface area contributed by atoms with Crippen LogP contribution in [0.15, 0.2) is 83.8 Å². The molecule has 6 nitrogen and oxygen atoms in total. The number of halogens is 1. The van der Waals surface area contributed by atoms with Gasteiger partial charge in [0.25, 0.3) is 0 Å². The van der Waals surface area contributed by atoms with E-state index < -0.39 is 28.3 Å². The number of nitrogens with zero attached hydrogens (tertiary/aromatic N) is 1. The largest absolute Gasteiger partial charge is 0.325 e. The number of carbonyl (C=O) groups excluding carboxylic acids is 2. The number of benzene rings is 3. The fraction of sp³-hybridized carbons (Fsp3) is 0.0909. The first-order chi connectivity index (χ1) is 14.3. The van der Waals surface area contributed by atoms with Crippen LogP contribution in [0.4, 0.5) is 10.1 Å². The first-order valence-electron chi connectivity index (χ1n) is 8.99. The van der Waals surface area contributed by atoms with Gasteiger partial charge in [0.1, 0.15) is 5.82 Å². The molecule has 3 aromatic rings. The van der Waals surface area contributed by atoms with Gasteiger partial charge in [-0.1, -0.05) is 42.5 Å². The highest BCUT2D eigenvalue weighted by Gasteiger charge is 2.23. The van der Waals surface area contributed by atoms with Gasteiger partial charge in [-0.3, -0.25) is 9.59 Å². The van der Waals surface area contributed by atoms with Crippen LogP contribution < -0.4 is 5.32 Å². The number of anilines is 1. The molecule has 0 aromatic heterocycles. The van der Waals surface area contributed by atoms with E-state index in [1.165, 1.54) is 13.1 Å². The zero-order chi connectivity index (χ0) is 21.7. The number of rotatable bonds is 7. The third-order valence-corrected chi connectivity index (χ3v) is 6.15. The summed E-state index contributed by atoms with van der Waals surface area (Å²) in [5.41, 5.74) is 1.28. The highest BCUT2D eigenvalue weighted by molar-refractivity contribution is 7.89. The summed E-state index contributed by atoms with van der Waals surface area (Å²) in [6.07, 6.45) is 0. The summed E-state index contributed by atoms with van der Waals surface area (Å²) < 4.78 is 38.9. The molecule has 30 heavy (non-hydrogen) atoms. The molecule has 0 saturated carbocycles. The van der Waals surface area contributed by atoms with Crippen LogP contribution in [-0.2, 0) is 14.8 Å². The molecular formula is C22H19FN2O4S. The SMILES string of the molecule is CN(CC(=O)Nc1cccc(C(=O)c2ccccc2)c1)S(=O)(=O)c1ccc(F)cc1. The molecule has 1 amide bonds. The summed E-state index contributed by atoms with van der Waals surface area (Å²) >= 11 is 0. The highest BCUT2D eigenvalue weighted by Crippen LogP contribution is 2.17. The fourth-order valence-corrected chi connectivity index (χ4v) is 3.90. The maximum atomic E-state index is 13.0. The van der Waals surface area contributed by atoms with Gasteiger partial charge < -0.3 is 5.32 Å². The summed E-state index contributed by atoms with van der Waals surface area (Å²) in [6.45, 7) is -0.448. The number of ketones is 1. The second-order valence-electron chi connectivity index (χ2n) is 6.54. The van der Waals surface area contributed by atoms with E-state index in [0.29, 0.717) is 16.8 Å². The molecule has 0 aliphatic heterocycles. The van der Waals surface area contributed by atoms with Crippen LogP contribution in [0.25, 0.3) is 0 Å². The Balaban J connectivity index is 1.69. The molecule has 8 heteroatoms. The van der Waals surface area contributed by atoms with Crippen molar-refractivity contribution < 1.29 is 22.4 Å². The summed E-state index contributed by atoms with van der Waals surface area (Å²) in [5.74, 6) is -1.32. The second-order valence-corrected chi connectivity index (χ2v) is 8.58. The Morgan fingerprint density at radius 2 is 1.53 bits per heavy atom. The van der Waals surface area contributed by atoms with Crippen molar-refractivity contribution in [3.63, 3.8) is 0 Å². The molecule has 3 aromatic carbocycles. The molecule has 0 saturated heterocycles. The molecule has 1 N–H and O–H groups in total. The van der Waals surface area contributed by atoms with Crippen molar-refractivity contribution in [3.8, 4) is 0 Å². The topological polar surface area (TPSA) is 83.6 Å². The van der Waals surface area contributed by atoms with Crippen LogP contribution in [0.3, 0.4) is 0 Å². The number of likely N-dealkylation sites (N-methyl/N-ethyl adjacent to an activating group) is 1. The minimum atomic E-state index is -3.95. The predicted octanol–water partition coefficient (Wildman–Crippen LogP) is 3.32. The number of hydrogen-bond donors (Lipinski definition) is 1. The monoisotopic (exact) mass is 426 g/mol. The Morgan fingerprint density at radius 3 is 2.20 bits per heavy atom. The third kappa shape index (κ3) is 4.97. The van der Waals surface area contributed by atoms with E-state index in [2.05, 4.69) is 5.32 Å². The number of hydrogen-bond acceptors (Lipinski definition) is 4. The van der Waals surface area contributed by atoms with Crippen molar-refractivity contribution in [3.05, 3.63) is 95.8 Å². The second kappa shape index (κ2) is 8.98. The van der Waals surface area contributed by atoms with Crippen LogP contribution in [-0.4, -0.2) is 38.0 Å². The summed E-state index contributed by atoms with van der Waals surface area (Å²) in [4.78, 5) is 24.8. The lowest BCUT2D eigenvalue weighted by atomic mass is 10.0. The first kappa shape index (κ1) is 21.4. The first-order valence-corrected chi connectivity index (χ1v) is 10.4. The lowest BCUT2D eigenvalue weighted by molar-refractivity contribution is -0.116. The van der Waals surface area contributed by atoms with Crippen LogP contribution in [0.5, 0.6) is 0 Å². The van der Waals surface area contributed by atoms with Gasteiger partial charge in [-0.15, -0.1) is 0 Å². The summed E-state index contributed by atoms with van der Waals surface area (Å²) in [6, 6.07) is 19.5. The smallest absolute Gasteiger partial charge is 0.243 e. The Labute approximate surface area is 174 Å². The van der Waals surface area contributed by atoms with E-state index in [9.17, 15) is 22.4 Å². The van der Waals surface area contributed by atoms with E-state index in [-0.39, 0.29) is 10.7 Å². The van der Waals surface area contributed by atoms with E-state index in [0.717, 1.165) is 28.6 Å². The average Bonchev–Trinajstić information content (AvgIpc) is 2.74. The Kier molecular flexibility index (Phi) is 6.39. The zero-order valence-corrected chi connectivity index (χ0v) is 16.9. The molecule has 0 spiro atoms. The Morgan fingerprint density at radius 1 is 0.900 bits per heavy atom. The number of nitrogens with one attached hydrogen (secondary N) is 1. The molecule has 0 fully saturated rings. The predicted molar refractivity (Wildman–Crippen MR) is 111 cm³/mol. The summed E-state index contributed by atoms with van der Waals surface area (Å²) in [7, 11) is -2.69. The van der Waals surface area contributed by atoms with Crippen LogP contribution >= 0.6 is 0 Å². The normalized spacial score (nSPS) is 11.3. The molecular weight excluding hydrogens is 407 g/mol. The Bertz CT molecular complexity index is 1160. The highest BCUT2D eigenvalue weighted by atomic mass is 32.2. The molecule has 154 valence electrons. The molecule has 0 atom stereocenters. The van der Waals surface area contributed by atoms with Crippen LogP contribution in [0.1, 0.15) is 15.9 Å². The minimum Gasteiger partial charge on any atom is -0.325 e. The zero-order valence-electron chi connectivity index (χ0n) is 16.1. The standard InChI is InChI=1S/C22H19FN2O4S/c1-25(30(28,29)20-12-10-18(23)11-13-20)15-21(26)24-19-9-5-8-17(14-19)22(27)16-6-3-2-4-7-16/h2-14H,15H2,1H3,(H,24,26). The Hall–Kier alpha value is -3.36. The quantitative estimate of drug-likeness (QED) is 0.588. The van der Waals surface area contributed by atoms with Gasteiger partial charge in [0.15, 0.2) is 5.78 Å². The van der Waals surface area contributed by atoms with Crippen LogP contribution in [0, 0.1) is 5.82 Å². The average molecular weight is 426 g/mol. The van der Waals surface area contributed by atoms with Crippen molar-refractivity contribution in [2.24, 2.45) is 0 Å². The lowest BCUT2D eigenvalue weighted by Crippen LogP contribution is -2.35. The summed E-state index contributed by atoms with van der Waals surface area (Å²) in [5, 5.41) is 2.59. The minimum absolute atomic E-state index is 0.116. The van der Waals surface area contributed by atoms with Gasteiger partial charge in [-0.2, -0.15) is 4.31 Å². The van der Waals surface area contributed by atoms with Gasteiger partial charge in [0.2, 0.25) is 15.9 Å². The lowest BCUT2D eigenvalue weighted by Gasteiger charge is -2.17. The fourth-order valence-electron chi connectivity index (χ4n) is 2.77. The van der Waals surface area contributed by atoms with Crippen molar-refractivity contribution in [1.82, 2.24) is 4.31 Å². The molecule has 0 aliphatic carbocycles. The third-order valence-electron chi connectivity index (χ3n) is 4.33. The van der Waals surface area contributed by atoms with E-state index >= 15 is 0 Å². The molecule has 0 heterocycles. The maximum absolute atomic E-state index is 13.0. The van der Waals surface area contributed by atoms with E-state index in [4.69, 9.17) is 0 Å². The van der Waals surface area contributed by atoms with Crippen molar-refractivity contribution in [2.75, 3.05) is 18.9 Å². The van der Waals surface area contributed by atoms with Gasteiger partial charge in [-0.25, -0.2) is 12.8 Å². The number of sulfonamides is 1. The molecule has 0 unspecified atom stereocenters.